The zero-order valence-corrected chi connectivity index (χ0v) is 10.8. The van der Waals surface area contributed by atoms with Crippen molar-refractivity contribution >= 4 is 22.7 Å². The summed E-state index contributed by atoms with van der Waals surface area (Å²) in [6, 6.07) is 0. The average Bonchev–Trinajstić information content (AvgIpc) is 2.29. The van der Waals surface area contributed by atoms with E-state index in [4.69, 9.17) is 9.84 Å². The Hall–Kier alpha value is -0.950. The highest BCUT2D eigenvalue weighted by atomic mass is 32.2. The molecule has 6 nitrogen and oxygen atoms in total. The predicted octanol–water partition coefficient (Wildman–Crippen LogP) is -0.543. The first-order chi connectivity index (χ1) is 7.85. The minimum absolute atomic E-state index is 0.251. The van der Waals surface area contributed by atoms with Gasteiger partial charge in [0.25, 0.3) is 0 Å². The standard InChI is InChI=1S/C10H17NO5S/c1-10(2,9(13)14)17(15)7-8(12)11-3-5-16-6-4-11/h3-7H2,1-2H3,(H,13,14). The topological polar surface area (TPSA) is 83.9 Å². The number of hydrogen-bond donors (Lipinski definition) is 1. The molecule has 0 aromatic heterocycles. The number of rotatable bonds is 4. The normalized spacial score (nSPS) is 18.8. The van der Waals surface area contributed by atoms with Crippen molar-refractivity contribution in [1.29, 1.82) is 0 Å². The summed E-state index contributed by atoms with van der Waals surface area (Å²) < 4.78 is 15.5. The van der Waals surface area contributed by atoms with Crippen LogP contribution in [-0.2, 0) is 25.1 Å². The Kier molecular flexibility index (Phi) is 4.64. The molecule has 1 saturated heterocycles. The monoisotopic (exact) mass is 263 g/mol. The van der Waals surface area contributed by atoms with E-state index in [9.17, 15) is 13.8 Å². The van der Waals surface area contributed by atoms with Gasteiger partial charge < -0.3 is 14.7 Å². The number of carboxylic acids is 1. The summed E-state index contributed by atoms with van der Waals surface area (Å²) >= 11 is 0. The maximum atomic E-state index is 11.8. The van der Waals surface area contributed by atoms with E-state index in [1.807, 2.05) is 0 Å². The third-order valence-electron chi connectivity index (χ3n) is 2.70. The Morgan fingerprint density at radius 3 is 2.35 bits per heavy atom. The van der Waals surface area contributed by atoms with Gasteiger partial charge in [-0.1, -0.05) is 0 Å². The average molecular weight is 263 g/mol. The molecule has 0 bridgehead atoms. The number of carbonyl (C=O) groups excluding carboxylic acids is 1. The van der Waals surface area contributed by atoms with E-state index in [0.29, 0.717) is 26.3 Å². The fourth-order valence-corrected chi connectivity index (χ4v) is 2.26. The molecular formula is C10H17NO5S. The van der Waals surface area contributed by atoms with Gasteiger partial charge in [-0.15, -0.1) is 0 Å². The molecule has 17 heavy (non-hydrogen) atoms. The van der Waals surface area contributed by atoms with Crippen molar-refractivity contribution in [1.82, 2.24) is 4.90 Å². The number of carboxylic acid groups (broad SMARTS) is 1. The molecule has 0 aliphatic carbocycles. The lowest BCUT2D eigenvalue weighted by atomic mass is 10.2. The Morgan fingerprint density at radius 2 is 1.88 bits per heavy atom. The molecule has 0 saturated carbocycles. The number of hydrogen-bond acceptors (Lipinski definition) is 4. The van der Waals surface area contributed by atoms with Crippen LogP contribution in [0, 0.1) is 0 Å². The van der Waals surface area contributed by atoms with Gasteiger partial charge >= 0.3 is 5.97 Å². The largest absolute Gasteiger partial charge is 0.480 e. The summed E-state index contributed by atoms with van der Waals surface area (Å²) in [5.41, 5.74) is 0. The quantitative estimate of drug-likeness (QED) is 0.736. The van der Waals surface area contributed by atoms with E-state index < -0.39 is 21.5 Å². The highest BCUT2D eigenvalue weighted by Crippen LogP contribution is 2.14. The number of amides is 1. The van der Waals surface area contributed by atoms with E-state index in [1.165, 1.54) is 13.8 Å². The predicted molar refractivity (Wildman–Crippen MR) is 62.1 cm³/mol. The number of morpholine rings is 1. The molecule has 0 radical (unpaired) electrons. The third kappa shape index (κ3) is 3.50. The van der Waals surface area contributed by atoms with Crippen molar-refractivity contribution in [2.24, 2.45) is 0 Å². The molecule has 1 aliphatic heterocycles. The second-order valence-electron chi connectivity index (χ2n) is 4.30. The summed E-state index contributed by atoms with van der Waals surface area (Å²) in [5.74, 6) is -1.69. The van der Waals surface area contributed by atoms with E-state index in [-0.39, 0.29) is 11.7 Å². The van der Waals surface area contributed by atoms with E-state index >= 15 is 0 Å². The van der Waals surface area contributed by atoms with Crippen molar-refractivity contribution in [3.8, 4) is 0 Å². The van der Waals surface area contributed by atoms with Gasteiger partial charge in [0, 0.05) is 23.9 Å². The molecule has 1 fully saturated rings. The van der Waals surface area contributed by atoms with Crippen LogP contribution in [0.15, 0.2) is 0 Å². The van der Waals surface area contributed by atoms with E-state index in [2.05, 4.69) is 0 Å². The molecule has 1 heterocycles. The van der Waals surface area contributed by atoms with Gasteiger partial charge in [0.05, 0.1) is 13.2 Å². The first-order valence-electron chi connectivity index (χ1n) is 5.33. The van der Waals surface area contributed by atoms with Crippen LogP contribution >= 0.6 is 0 Å². The van der Waals surface area contributed by atoms with Crippen LogP contribution in [0.1, 0.15) is 13.8 Å². The van der Waals surface area contributed by atoms with Crippen molar-refractivity contribution in [3.05, 3.63) is 0 Å². The van der Waals surface area contributed by atoms with E-state index in [1.54, 1.807) is 4.90 Å². The molecule has 0 spiro atoms. The molecule has 98 valence electrons. The van der Waals surface area contributed by atoms with Crippen molar-refractivity contribution < 1.29 is 23.6 Å². The van der Waals surface area contributed by atoms with Crippen LogP contribution in [0.3, 0.4) is 0 Å². The van der Waals surface area contributed by atoms with Crippen molar-refractivity contribution in [2.45, 2.75) is 18.6 Å². The van der Waals surface area contributed by atoms with Crippen LogP contribution in [-0.4, -0.2) is 62.9 Å². The lowest BCUT2D eigenvalue weighted by molar-refractivity contribution is -0.139. The second-order valence-corrected chi connectivity index (χ2v) is 6.30. The van der Waals surface area contributed by atoms with Gasteiger partial charge in [-0.05, 0) is 13.8 Å². The highest BCUT2D eigenvalue weighted by molar-refractivity contribution is 7.87. The first-order valence-corrected chi connectivity index (χ1v) is 6.65. The molecule has 7 heteroatoms. The van der Waals surface area contributed by atoms with Crippen LogP contribution in [0.4, 0.5) is 0 Å². The SMILES string of the molecule is CC(C)(C(=O)O)S(=O)CC(=O)N1CCOCC1. The Balaban J connectivity index is 2.56. The Labute approximate surface area is 102 Å². The smallest absolute Gasteiger partial charge is 0.321 e. The maximum Gasteiger partial charge on any atom is 0.321 e. The van der Waals surface area contributed by atoms with Crippen LogP contribution in [0.25, 0.3) is 0 Å². The molecule has 0 aromatic carbocycles. The van der Waals surface area contributed by atoms with Gasteiger partial charge in [-0.25, -0.2) is 0 Å². The molecule has 0 aromatic rings. The summed E-state index contributed by atoms with van der Waals surface area (Å²) in [4.78, 5) is 24.2. The van der Waals surface area contributed by atoms with Gasteiger partial charge in [0.1, 0.15) is 10.5 Å². The van der Waals surface area contributed by atoms with Gasteiger partial charge in [0.2, 0.25) is 5.91 Å². The second kappa shape index (κ2) is 5.59. The zero-order chi connectivity index (χ0) is 13.1. The lowest BCUT2D eigenvalue weighted by Crippen LogP contribution is -2.46. The Bertz CT molecular complexity index is 336. The summed E-state index contributed by atoms with van der Waals surface area (Å²) in [6.45, 7) is 4.62. The van der Waals surface area contributed by atoms with E-state index in [0.717, 1.165) is 0 Å². The van der Waals surface area contributed by atoms with Crippen molar-refractivity contribution in [2.75, 3.05) is 32.1 Å². The fraction of sp³-hybridized carbons (Fsp3) is 0.800. The molecule has 1 amide bonds. The maximum absolute atomic E-state index is 11.8. The fourth-order valence-electron chi connectivity index (χ4n) is 1.29. The summed E-state index contributed by atoms with van der Waals surface area (Å²) in [7, 11) is -1.72. The minimum Gasteiger partial charge on any atom is -0.480 e. The molecular weight excluding hydrogens is 246 g/mol. The number of nitrogens with zero attached hydrogens (tertiary/aromatic N) is 1. The molecule has 1 aliphatic rings. The van der Waals surface area contributed by atoms with Gasteiger partial charge in [-0.2, -0.15) is 0 Å². The van der Waals surface area contributed by atoms with Crippen LogP contribution in [0.2, 0.25) is 0 Å². The molecule has 1 atom stereocenters. The molecule has 1 unspecified atom stereocenters. The number of carbonyl (C=O) groups is 2. The van der Waals surface area contributed by atoms with Gasteiger partial charge in [-0.3, -0.25) is 13.8 Å². The van der Waals surface area contributed by atoms with Crippen molar-refractivity contribution in [3.63, 3.8) is 0 Å². The lowest BCUT2D eigenvalue weighted by Gasteiger charge is -2.27. The zero-order valence-electron chi connectivity index (χ0n) is 9.97. The first kappa shape index (κ1) is 14.1. The summed E-state index contributed by atoms with van der Waals surface area (Å²) in [5, 5.41) is 8.90. The minimum atomic E-state index is -1.72. The van der Waals surface area contributed by atoms with Gasteiger partial charge in [0.15, 0.2) is 0 Å². The number of aliphatic carboxylic acids is 1. The molecule has 1 rings (SSSR count). The van der Waals surface area contributed by atoms with Crippen LogP contribution in [0.5, 0.6) is 0 Å². The Morgan fingerprint density at radius 1 is 1.35 bits per heavy atom. The molecule has 1 N–H and O–H groups in total. The highest BCUT2D eigenvalue weighted by Gasteiger charge is 2.36. The number of ether oxygens (including phenoxy) is 1. The van der Waals surface area contributed by atoms with Crippen LogP contribution < -0.4 is 0 Å². The summed E-state index contributed by atoms with van der Waals surface area (Å²) in [6.07, 6.45) is 0. The third-order valence-corrected chi connectivity index (χ3v) is 4.52.